The molecule has 0 aliphatic rings. The molecule has 2 rings (SSSR count). The van der Waals surface area contributed by atoms with Crippen molar-refractivity contribution in [3.8, 4) is 11.5 Å². The van der Waals surface area contributed by atoms with Crippen LogP contribution >= 0.6 is 0 Å². The zero-order valence-electron chi connectivity index (χ0n) is 13.7. The van der Waals surface area contributed by atoms with E-state index in [0.29, 0.717) is 26.0 Å². The maximum absolute atomic E-state index is 12.0. The molecule has 0 unspecified atom stereocenters. The summed E-state index contributed by atoms with van der Waals surface area (Å²) in [6, 6.07) is 15.5. The molecule has 1 N–H and O–H groups in total. The van der Waals surface area contributed by atoms with E-state index < -0.39 is 0 Å². The van der Waals surface area contributed by atoms with E-state index in [0.717, 1.165) is 22.6 Å². The predicted octanol–water partition coefficient (Wildman–Crippen LogP) is 3.34. The fraction of sp³-hybridized carbons (Fsp3) is 0.316. The Hall–Kier alpha value is -2.49. The van der Waals surface area contributed by atoms with Crippen LogP contribution in [0.1, 0.15) is 24.5 Å². The standard InChI is InChI=1S/C19H23NO3/c1-3-23-18-7-5-4-6-16(18)10-13-19(21)20-14-15-8-11-17(22-2)12-9-15/h4-9,11-12H,3,10,13-14H2,1-2H3,(H,20,21). The number of hydrogen-bond acceptors (Lipinski definition) is 3. The third-order valence-corrected chi connectivity index (χ3v) is 3.54. The molecule has 0 spiro atoms. The van der Waals surface area contributed by atoms with Crippen LogP contribution in [-0.4, -0.2) is 19.6 Å². The lowest BCUT2D eigenvalue weighted by molar-refractivity contribution is -0.121. The van der Waals surface area contributed by atoms with Crippen molar-refractivity contribution in [2.75, 3.05) is 13.7 Å². The van der Waals surface area contributed by atoms with Gasteiger partial charge in [-0.05, 0) is 42.7 Å². The first-order valence-corrected chi connectivity index (χ1v) is 7.83. The molecule has 4 nitrogen and oxygen atoms in total. The number of ether oxygens (including phenoxy) is 2. The lowest BCUT2D eigenvalue weighted by Gasteiger charge is -2.10. The second-order valence-electron chi connectivity index (χ2n) is 5.17. The molecular weight excluding hydrogens is 290 g/mol. The van der Waals surface area contributed by atoms with Crippen molar-refractivity contribution < 1.29 is 14.3 Å². The van der Waals surface area contributed by atoms with Crippen LogP contribution in [0.4, 0.5) is 0 Å². The number of para-hydroxylation sites is 1. The third-order valence-electron chi connectivity index (χ3n) is 3.54. The topological polar surface area (TPSA) is 47.6 Å². The summed E-state index contributed by atoms with van der Waals surface area (Å²) in [6.07, 6.45) is 1.12. The minimum Gasteiger partial charge on any atom is -0.497 e. The first-order chi connectivity index (χ1) is 11.2. The van der Waals surface area contributed by atoms with E-state index in [1.807, 2.05) is 55.5 Å². The highest BCUT2D eigenvalue weighted by atomic mass is 16.5. The number of methoxy groups -OCH3 is 1. The molecule has 0 saturated heterocycles. The summed E-state index contributed by atoms with van der Waals surface area (Å²) in [5.74, 6) is 1.71. The van der Waals surface area contributed by atoms with Gasteiger partial charge in [0.15, 0.2) is 0 Å². The van der Waals surface area contributed by atoms with Crippen LogP contribution in [0.25, 0.3) is 0 Å². The number of hydrogen-bond donors (Lipinski definition) is 1. The number of aryl methyl sites for hydroxylation is 1. The molecule has 122 valence electrons. The number of nitrogens with one attached hydrogen (secondary N) is 1. The van der Waals surface area contributed by atoms with E-state index in [9.17, 15) is 4.79 Å². The Kier molecular flexibility index (Phi) is 6.48. The molecular formula is C19H23NO3. The first-order valence-electron chi connectivity index (χ1n) is 7.83. The fourth-order valence-electron chi connectivity index (χ4n) is 2.29. The molecule has 0 bridgehead atoms. The Morgan fingerprint density at radius 1 is 1.09 bits per heavy atom. The number of rotatable bonds is 8. The lowest BCUT2D eigenvalue weighted by atomic mass is 10.1. The van der Waals surface area contributed by atoms with Crippen LogP contribution < -0.4 is 14.8 Å². The van der Waals surface area contributed by atoms with Crippen molar-refractivity contribution in [2.45, 2.75) is 26.3 Å². The Morgan fingerprint density at radius 3 is 2.52 bits per heavy atom. The van der Waals surface area contributed by atoms with Crippen molar-refractivity contribution in [3.63, 3.8) is 0 Å². The molecule has 0 aliphatic heterocycles. The number of carbonyl (C=O) groups is 1. The van der Waals surface area contributed by atoms with Gasteiger partial charge in [-0.2, -0.15) is 0 Å². The van der Waals surface area contributed by atoms with E-state index >= 15 is 0 Å². The maximum atomic E-state index is 12.0. The van der Waals surface area contributed by atoms with Gasteiger partial charge < -0.3 is 14.8 Å². The largest absolute Gasteiger partial charge is 0.497 e. The van der Waals surface area contributed by atoms with Crippen molar-refractivity contribution in [2.24, 2.45) is 0 Å². The average molecular weight is 313 g/mol. The molecule has 1 amide bonds. The molecule has 23 heavy (non-hydrogen) atoms. The van der Waals surface area contributed by atoms with Crippen molar-refractivity contribution in [3.05, 3.63) is 59.7 Å². The Morgan fingerprint density at radius 2 is 1.83 bits per heavy atom. The molecule has 0 atom stereocenters. The van der Waals surface area contributed by atoms with Gasteiger partial charge in [0.1, 0.15) is 11.5 Å². The van der Waals surface area contributed by atoms with Gasteiger partial charge >= 0.3 is 0 Å². The quantitative estimate of drug-likeness (QED) is 0.813. The van der Waals surface area contributed by atoms with Crippen LogP contribution in [0.15, 0.2) is 48.5 Å². The normalized spacial score (nSPS) is 10.2. The first kappa shape index (κ1) is 16.9. The Balaban J connectivity index is 1.81. The summed E-state index contributed by atoms with van der Waals surface area (Å²) >= 11 is 0. The van der Waals surface area contributed by atoms with E-state index in [1.54, 1.807) is 7.11 Å². The predicted molar refractivity (Wildman–Crippen MR) is 90.8 cm³/mol. The Labute approximate surface area is 137 Å². The summed E-state index contributed by atoms with van der Waals surface area (Å²) in [5, 5.41) is 2.94. The van der Waals surface area contributed by atoms with E-state index in [2.05, 4.69) is 5.32 Å². The Bertz CT molecular complexity index is 623. The van der Waals surface area contributed by atoms with Crippen LogP contribution in [0.2, 0.25) is 0 Å². The van der Waals surface area contributed by atoms with Gasteiger partial charge in [0.25, 0.3) is 0 Å². The van der Waals surface area contributed by atoms with Gasteiger partial charge in [-0.25, -0.2) is 0 Å². The van der Waals surface area contributed by atoms with Crippen LogP contribution in [0.3, 0.4) is 0 Å². The molecule has 4 heteroatoms. The van der Waals surface area contributed by atoms with Gasteiger partial charge in [0, 0.05) is 13.0 Å². The summed E-state index contributed by atoms with van der Waals surface area (Å²) < 4.78 is 10.7. The zero-order chi connectivity index (χ0) is 16.5. The van der Waals surface area contributed by atoms with Crippen LogP contribution in [0.5, 0.6) is 11.5 Å². The summed E-state index contributed by atoms with van der Waals surface area (Å²) in [7, 11) is 1.64. The van der Waals surface area contributed by atoms with Crippen LogP contribution in [-0.2, 0) is 17.8 Å². The van der Waals surface area contributed by atoms with E-state index in [4.69, 9.17) is 9.47 Å². The van der Waals surface area contributed by atoms with Gasteiger partial charge in [-0.15, -0.1) is 0 Å². The van der Waals surface area contributed by atoms with Crippen molar-refractivity contribution in [1.29, 1.82) is 0 Å². The molecule has 0 heterocycles. The third kappa shape index (κ3) is 5.33. The lowest BCUT2D eigenvalue weighted by Crippen LogP contribution is -2.23. The summed E-state index contributed by atoms with van der Waals surface area (Å²) in [5.41, 5.74) is 2.11. The SMILES string of the molecule is CCOc1ccccc1CCC(=O)NCc1ccc(OC)cc1. The van der Waals surface area contributed by atoms with Gasteiger partial charge in [0.05, 0.1) is 13.7 Å². The molecule has 0 fully saturated rings. The van der Waals surface area contributed by atoms with E-state index in [1.165, 1.54) is 0 Å². The minimum atomic E-state index is 0.0344. The second-order valence-corrected chi connectivity index (χ2v) is 5.17. The number of amides is 1. The summed E-state index contributed by atoms with van der Waals surface area (Å²) in [4.78, 5) is 12.0. The van der Waals surface area contributed by atoms with Crippen molar-refractivity contribution >= 4 is 5.91 Å². The van der Waals surface area contributed by atoms with Crippen molar-refractivity contribution in [1.82, 2.24) is 5.32 Å². The molecule has 2 aromatic carbocycles. The molecule has 0 aliphatic carbocycles. The zero-order valence-corrected chi connectivity index (χ0v) is 13.7. The molecule has 0 saturated carbocycles. The maximum Gasteiger partial charge on any atom is 0.220 e. The van der Waals surface area contributed by atoms with Gasteiger partial charge in [0.2, 0.25) is 5.91 Å². The highest BCUT2D eigenvalue weighted by Gasteiger charge is 2.06. The molecule has 0 radical (unpaired) electrons. The summed E-state index contributed by atoms with van der Waals surface area (Å²) in [6.45, 7) is 3.11. The minimum absolute atomic E-state index is 0.0344. The monoisotopic (exact) mass is 313 g/mol. The smallest absolute Gasteiger partial charge is 0.220 e. The second kappa shape index (κ2) is 8.83. The van der Waals surface area contributed by atoms with Gasteiger partial charge in [-0.3, -0.25) is 4.79 Å². The molecule has 2 aromatic rings. The van der Waals surface area contributed by atoms with Gasteiger partial charge in [-0.1, -0.05) is 30.3 Å². The molecule has 0 aromatic heterocycles. The highest BCUT2D eigenvalue weighted by Crippen LogP contribution is 2.19. The van der Waals surface area contributed by atoms with E-state index in [-0.39, 0.29) is 5.91 Å². The number of carbonyl (C=O) groups excluding carboxylic acids is 1. The highest BCUT2D eigenvalue weighted by molar-refractivity contribution is 5.76. The number of benzene rings is 2. The fourth-order valence-corrected chi connectivity index (χ4v) is 2.29. The van der Waals surface area contributed by atoms with Crippen LogP contribution in [0, 0.1) is 0 Å². The average Bonchev–Trinajstić information content (AvgIpc) is 2.60.